The smallest absolute Gasteiger partial charge is 0.226 e. The second-order valence-corrected chi connectivity index (χ2v) is 4.41. The number of halogens is 2. The maximum atomic E-state index is 11.7. The SMILES string of the molecule is CC(CCl)(CCl)NC(=O)C1CCOC1. The topological polar surface area (TPSA) is 38.3 Å². The minimum atomic E-state index is -0.511. The zero-order chi connectivity index (χ0) is 10.6. The Kier molecular flexibility index (Phi) is 4.48. The molecule has 1 aliphatic rings. The average molecular weight is 240 g/mol. The monoisotopic (exact) mass is 239 g/mol. The van der Waals surface area contributed by atoms with Crippen LogP contribution in [0.4, 0.5) is 0 Å². The maximum Gasteiger partial charge on any atom is 0.226 e. The van der Waals surface area contributed by atoms with Gasteiger partial charge in [0.15, 0.2) is 0 Å². The van der Waals surface area contributed by atoms with Crippen molar-refractivity contribution in [2.75, 3.05) is 25.0 Å². The van der Waals surface area contributed by atoms with Gasteiger partial charge >= 0.3 is 0 Å². The largest absolute Gasteiger partial charge is 0.381 e. The highest BCUT2D eigenvalue weighted by Gasteiger charge is 2.30. The van der Waals surface area contributed by atoms with Crippen LogP contribution in [-0.2, 0) is 9.53 Å². The summed E-state index contributed by atoms with van der Waals surface area (Å²) < 4.78 is 5.13. The first-order valence-electron chi connectivity index (χ1n) is 4.63. The van der Waals surface area contributed by atoms with Crippen LogP contribution in [0.1, 0.15) is 13.3 Å². The molecule has 1 fully saturated rings. The van der Waals surface area contributed by atoms with Crippen LogP contribution in [0.25, 0.3) is 0 Å². The molecule has 5 heteroatoms. The van der Waals surface area contributed by atoms with Crippen molar-refractivity contribution >= 4 is 29.1 Å². The standard InChI is InChI=1S/C9H15Cl2NO2/c1-9(5-10,6-11)12-8(13)7-2-3-14-4-7/h7H,2-6H2,1H3,(H,12,13). The summed E-state index contributed by atoms with van der Waals surface area (Å²) >= 11 is 11.5. The highest BCUT2D eigenvalue weighted by atomic mass is 35.5. The van der Waals surface area contributed by atoms with Crippen molar-refractivity contribution in [3.8, 4) is 0 Å². The second kappa shape index (κ2) is 5.19. The highest BCUT2D eigenvalue weighted by Crippen LogP contribution is 2.15. The van der Waals surface area contributed by atoms with Gasteiger partial charge in [0, 0.05) is 18.4 Å². The molecule has 14 heavy (non-hydrogen) atoms. The van der Waals surface area contributed by atoms with Crippen molar-refractivity contribution in [2.45, 2.75) is 18.9 Å². The number of hydrogen-bond acceptors (Lipinski definition) is 2. The van der Waals surface area contributed by atoms with Crippen molar-refractivity contribution in [3.63, 3.8) is 0 Å². The van der Waals surface area contributed by atoms with Gasteiger partial charge in [-0.05, 0) is 13.3 Å². The van der Waals surface area contributed by atoms with Gasteiger partial charge in [-0.25, -0.2) is 0 Å². The molecule has 1 aliphatic heterocycles. The lowest BCUT2D eigenvalue weighted by Crippen LogP contribution is -2.51. The Balaban J connectivity index is 2.45. The third-order valence-corrected chi connectivity index (χ3v) is 3.50. The molecule has 0 aromatic carbocycles. The van der Waals surface area contributed by atoms with Gasteiger partial charge in [0.05, 0.1) is 18.1 Å². The minimum absolute atomic E-state index is 0.00806. The zero-order valence-electron chi connectivity index (χ0n) is 8.19. The average Bonchev–Trinajstić information content (AvgIpc) is 2.70. The number of rotatable bonds is 4. The van der Waals surface area contributed by atoms with Gasteiger partial charge in [-0.2, -0.15) is 0 Å². The summed E-state index contributed by atoms with van der Waals surface area (Å²) in [6.07, 6.45) is 0.784. The van der Waals surface area contributed by atoms with Gasteiger partial charge in [-0.15, -0.1) is 23.2 Å². The molecule has 0 aliphatic carbocycles. The van der Waals surface area contributed by atoms with Gasteiger partial charge < -0.3 is 10.1 Å². The van der Waals surface area contributed by atoms with E-state index in [1.54, 1.807) is 0 Å². The predicted octanol–water partition coefficient (Wildman–Crippen LogP) is 1.38. The maximum absolute atomic E-state index is 11.7. The van der Waals surface area contributed by atoms with E-state index in [2.05, 4.69) is 5.32 Å². The summed E-state index contributed by atoms with van der Waals surface area (Å²) in [5, 5.41) is 2.85. The number of amides is 1. The van der Waals surface area contributed by atoms with E-state index >= 15 is 0 Å². The Morgan fingerprint density at radius 2 is 2.21 bits per heavy atom. The summed E-state index contributed by atoms with van der Waals surface area (Å²) in [7, 11) is 0. The van der Waals surface area contributed by atoms with Crippen LogP contribution in [0.5, 0.6) is 0 Å². The van der Waals surface area contributed by atoms with Gasteiger partial charge in [0.25, 0.3) is 0 Å². The molecule has 1 rings (SSSR count). The third-order valence-electron chi connectivity index (χ3n) is 2.32. The molecule has 1 N–H and O–H groups in total. The first-order chi connectivity index (χ1) is 6.61. The first-order valence-corrected chi connectivity index (χ1v) is 5.70. The molecule has 1 amide bonds. The van der Waals surface area contributed by atoms with E-state index in [-0.39, 0.29) is 11.8 Å². The normalized spacial score (nSPS) is 22.4. The molecule has 0 aromatic heterocycles. The summed E-state index contributed by atoms with van der Waals surface area (Å²) in [5.41, 5.74) is -0.511. The Hall–Kier alpha value is 0.01000. The molecular weight excluding hydrogens is 225 g/mol. The molecule has 0 radical (unpaired) electrons. The van der Waals surface area contributed by atoms with Crippen LogP contribution in [0, 0.1) is 5.92 Å². The molecule has 3 nitrogen and oxygen atoms in total. The number of carbonyl (C=O) groups is 1. The van der Waals surface area contributed by atoms with Gasteiger partial charge in [-0.1, -0.05) is 0 Å². The number of hydrogen-bond donors (Lipinski definition) is 1. The number of alkyl halides is 2. The lowest BCUT2D eigenvalue weighted by molar-refractivity contribution is -0.126. The lowest BCUT2D eigenvalue weighted by Gasteiger charge is -2.27. The minimum Gasteiger partial charge on any atom is -0.381 e. The Morgan fingerprint density at radius 3 is 2.64 bits per heavy atom. The quantitative estimate of drug-likeness (QED) is 0.754. The van der Waals surface area contributed by atoms with Crippen LogP contribution >= 0.6 is 23.2 Å². The Morgan fingerprint density at radius 1 is 1.57 bits per heavy atom. The van der Waals surface area contributed by atoms with E-state index in [1.165, 1.54) is 0 Å². The Bertz CT molecular complexity index is 201. The van der Waals surface area contributed by atoms with Crippen LogP contribution in [0.3, 0.4) is 0 Å². The molecule has 0 spiro atoms. The fourth-order valence-electron chi connectivity index (χ4n) is 1.24. The van der Waals surface area contributed by atoms with Crippen molar-refractivity contribution in [1.82, 2.24) is 5.32 Å². The molecule has 1 heterocycles. The predicted molar refractivity (Wildman–Crippen MR) is 56.9 cm³/mol. The van der Waals surface area contributed by atoms with Crippen LogP contribution in [0.15, 0.2) is 0 Å². The molecule has 1 unspecified atom stereocenters. The molecule has 1 saturated heterocycles. The first kappa shape index (κ1) is 12.1. The summed E-state index contributed by atoms with van der Waals surface area (Å²) in [6, 6.07) is 0. The van der Waals surface area contributed by atoms with Gasteiger partial charge in [0.1, 0.15) is 0 Å². The van der Waals surface area contributed by atoms with E-state index in [0.717, 1.165) is 6.42 Å². The summed E-state index contributed by atoms with van der Waals surface area (Å²) in [4.78, 5) is 11.7. The molecule has 0 bridgehead atoms. The molecule has 0 saturated carbocycles. The number of nitrogens with one attached hydrogen (secondary N) is 1. The van der Waals surface area contributed by atoms with E-state index in [4.69, 9.17) is 27.9 Å². The van der Waals surface area contributed by atoms with Crippen LogP contribution in [0.2, 0.25) is 0 Å². The lowest BCUT2D eigenvalue weighted by atomic mass is 10.0. The Labute approximate surface area is 94.1 Å². The summed E-state index contributed by atoms with van der Waals surface area (Å²) in [5.74, 6) is 0.582. The van der Waals surface area contributed by atoms with Crippen molar-refractivity contribution in [3.05, 3.63) is 0 Å². The highest BCUT2D eigenvalue weighted by molar-refractivity contribution is 6.22. The zero-order valence-corrected chi connectivity index (χ0v) is 9.70. The number of ether oxygens (including phenoxy) is 1. The molecular formula is C9H15Cl2NO2. The third kappa shape index (κ3) is 3.01. The fourth-order valence-corrected chi connectivity index (χ4v) is 1.66. The van der Waals surface area contributed by atoms with Crippen LogP contribution in [-0.4, -0.2) is 36.4 Å². The molecule has 1 atom stereocenters. The van der Waals surface area contributed by atoms with E-state index in [1.807, 2.05) is 6.92 Å². The van der Waals surface area contributed by atoms with Crippen molar-refractivity contribution in [1.29, 1.82) is 0 Å². The fraction of sp³-hybridized carbons (Fsp3) is 0.889. The van der Waals surface area contributed by atoms with Gasteiger partial charge in [-0.3, -0.25) is 4.79 Å². The van der Waals surface area contributed by atoms with Crippen molar-refractivity contribution in [2.24, 2.45) is 5.92 Å². The van der Waals surface area contributed by atoms with E-state index in [0.29, 0.717) is 25.0 Å². The second-order valence-electron chi connectivity index (χ2n) is 3.88. The van der Waals surface area contributed by atoms with E-state index in [9.17, 15) is 4.79 Å². The van der Waals surface area contributed by atoms with Crippen LogP contribution < -0.4 is 5.32 Å². The molecule has 82 valence electrons. The van der Waals surface area contributed by atoms with Gasteiger partial charge in [0.2, 0.25) is 5.91 Å². The van der Waals surface area contributed by atoms with E-state index < -0.39 is 5.54 Å². The number of carbonyl (C=O) groups excluding carboxylic acids is 1. The molecule has 0 aromatic rings. The van der Waals surface area contributed by atoms with Crippen molar-refractivity contribution < 1.29 is 9.53 Å². The summed E-state index contributed by atoms with van der Waals surface area (Å²) in [6.45, 7) is 3.00.